The maximum absolute atomic E-state index is 5.64. The molecule has 2 rings (SSSR count). The summed E-state index contributed by atoms with van der Waals surface area (Å²) in [4.78, 5) is 2.45. The van der Waals surface area contributed by atoms with Crippen molar-refractivity contribution in [2.75, 3.05) is 26.3 Å². The van der Waals surface area contributed by atoms with Crippen LogP contribution in [0.2, 0.25) is 0 Å². The molecule has 0 N–H and O–H groups in total. The van der Waals surface area contributed by atoms with Crippen LogP contribution in [0.1, 0.15) is 32.5 Å². The third-order valence-electron chi connectivity index (χ3n) is 3.47. The highest BCUT2D eigenvalue weighted by Crippen LogP contribution is 2.18. The molecule has 0 aliphatic carbocycles. The second-order valence-electron chi connectivity index (χ2n) is 5.00. The summed E-state index contributed by atoms with van der Waals surface area (Å²) in [5.74, 6) is 1.77. The van der Waals surface area contributed by atoms with Crippen molar-refractivity contribution in [2.24, 2.45) is 5.92 Å². The number of likely N-dealkylation sites (tertiary alicyclic amines) is 1. The Morgan fingerprint density at radius 3 is 3.11 bits per heavy atom. The summed E-state index contributed by atoms with van der Waals surface area (Å²) in [6.45, 7) is 10.2. The van der Waals surface area contributed by atoms with Crippen LogP contribution in [0.25, 0.3) is 0 Å². The van der Waals surface area contributed by atoms with E-state index >= 15 is 0 Å². The maximum atomic E-state index is 5.64. The third kappa shape index (κ3) is 3.53. The maximum Gasteiger partial charge on any atom is 0.146 e. The highest BCUT2D eigenvalue weighted by molar-refractivity contribution is 4.88. The second kappa shape index (κ2) is 6.85. The zero-order chi connectivity index (χ0) is 12.8. The molecule has 1 aliphatic rings. The lowest BCUT2D eigenvalue weighted by Gasteiger charge is -2.15. The quantitative estimate of drug-likeness (QED) is 0.691. The van der Waals surface area contributed by atoms with Gasteiger partial charge < -0.3 is 9.30 Å². The van der Waals surface area contributed by atoms with Gasteiger partial charge in [0.1, 0.15) is 12.2 Å². The molecule has 1 aromatic rings. The molecule has 0 aromatic carbocycles. The van der Waals surface area contributed by atoms with E-state index in [1.807, 2.05) is 6.33 Å². The SMILES string of the molecule is CCCOC[C@@H]1CCN(Cc2nncn2CC)C1. The molecule has 0 radical (unpaired) electrons. The van der Waals surface area contributed by atoms with E-state index in [-0.39, 0.29) is 0 Å². The Morgan fingerprint density at radius 2 is 2.33 bits per heavy atom. The first-order valence-corrected chi connectivity index (χ1v) is 7.00. The first-order valence-electron chi connectivity index (χ1n) is 7.00. The first kappa shape index (κ1) is 13.5. The number of hydrogen-bond donors (Lipinski definition) is 0. The van der Waals surface area contributed by atoms with Gasteiger partial charge in [-0.15, -0.1) is 10.2 Å². The van der Waals surface area contributed by atoms with Gasteiger partial charge >= 0.3 is 0 Å². The molecule has 102 valence electrons. The molecular weight excluding hydrogens is 228 g/mol. The molecule has 0 bridgehead atoms. The van der Waals surface area contributed by atoms with Crippen LogP contribution in [-0.4, -0.2) is 46.0 Å². The molecule has 1 fully saturated rings. The Morgan fingerprint density at radius 1 is 1.44 bits per heavy atom. The van der Waals surface area contributed by atoms with E-state index in [2.05, 4.69) is 33.5 Å². The van der Waals surface area contributed by atoms with Crippen molar-refractivity contribution < 1.29 is 4.74 Å². The van der Waals surface area contributed by atoms with Gasteiger partial charge in [-0.2, -0.15) is 0 Å². The Bertz CT molecular complexity index is 353. The summed E-state index contributed by atoms with van der Waals surface area (Å²) in [7, 11) is 0. The largest absolute Gasteiger partial charge is 0.381 e. The van der Waals surface area contributed by atoms with E-state index in [1.54, 1.807) is 0 Å². The van der Waals surface area contributed by atoms with Gasteiger partial charge in [0.2, 0.25) is 0 Å². The van der Waals surface area contributed by atoms with E-state index < -0.39 is 0 Å². The molecule has 0 amide bonds. The molecule has 1 atom stereocenters. The van der Waals surface area contributed by atoms with Crippen LogP contribution in [0, 0.1) is 5.92 Å². The lowest BCUT2D eigenvalue weighted by molar-refractivity contribution is 0.101. The van der Waals surface area contributed by atoms with Crippen LogP contribution < -0.4 is 0 Å². The van der Waals surface area contributed by atoms with Crippen molar-refractivity contribution in [1.29, 1.82) is 0 Å². The summed E-state index contributed by atoms with van der Waals surface area (Å²) in [5.41, 5.74) is 0. The zero-order valence-electron chi connectivity index (χ0n) is 11.5. The summed E-state index contributed by atoms with van der Waals surface area (Å²) >= 11 is 0. The molecule has 1 saturated heterocycles. The minimum Gasteiger partial charge on any atom is -0.381 e. The Hall–Kier alpha value is -0.940. The van der Waals surface area contributed by atoms with Crippen LogP contribution >= 0.6 is 0 Å². The topological polar surface area (TPSA) is 43.2 Å². The highest BCUT2D eigenvalue weighted by atomic mass is 16.5. The van der Waals surface area contributed by atoms with Crippen LogP contribution in [-0.2, 0) is 17.8 Å². The van der Waals surface area contributed by atoms with Crippen molar-refractivity contribution in [2.45, 2.75) is 39.8 Å². The fourth-order valence-corrected chi connectivity index (χ4v) is 2.45. The highest BCUT2D eigenvalue weighted by Gasteiger charge is 2.23. The average molecular weight is 252 g/mol. The number of rotatable bonds is 7. The number of aryl methyl sites for hydroxylation is 1. The van der Waals surface area contributed by atoms with Crippen LogP contribution in [0.5, 0.6) is 0 Å². The zero-order valence-corrected chi connectivity index (χ0v) is 11.5. The number of ether oxygens (including phenoxy) is 1. The Balaban J connectivity index is 1.75. The fourth-order valence-electron chi connectivity index (χ4n) is 2.45. The minimum absolute atomic E-state index is 0.689. The molecule has 5 nitrogen and oxygen atoms in total. The van der Waals surface area contributed by atoms with Gasteiger partial charge in [-0.3, -0.25) is 4.90 Å². The fraction of sp³-hybridized carbons (Fsp3) is 0.846. The molecule has 1 aromatic heterocycles. The van der Waals surface area contributed by atoms with Gasteiger partial charge in [0, 0.05) is 19.7 Å². The number of aromatic nitrogens is 3. The predicted molar refractivity (Wildman–Crippen MR) is 70.2 cm³/mol. The molecule has 0 spiro atoms. The lowest BCUT2D eigenvalue weighted by Crippen LogP contribution is -2.23. The third-order valence-corrected chi connectivity index (χ3v) is 3.47. The standard InChI is InChI=1S/C13H24N4O/c1-3-7-18-10-12-5-6-16(8-12)9-13-15-14-11-17(13)4-2/h11-12H,3-10H2,1-2H3/t12-/m1/s1. The number of nitrogens with zero attached hydrogens (tertiary/aromatic N) is 4. The van der Waals surface area contributed by atoms with Gasteiger partial charge in [-0.25, -0.2) is 0 Å². The summed E-state index contributed by atoms with van der Waals surface area (Å²) in [5, 5.41) is 8.17. The minimum atomic E-state index is 0.689. The van der Waals surface area contributed by atoms with Crippen LogP contribution in [0.3, 0.4) is 0 Å². The van der Waals surface area contributed by atoms with Gasteiger partial charge in [-0.1, -0.05) is 6.92 Å². The van der Waals surface area contributed by atoms with Crippen LogP contribution in [0.4, 0.5) is 0 Å². The normalized spacial score (nSPS) is 20.7. The van der Waals surface area contributed by atoms with E-state index in [9.17, 15) is 0 Å². The van der Waals surface area contributed by atoms with E-state index in [0.717, 1.165) is 51.6 Å². The van der Waals surface area contributed by atoms with E-state index in [0.29, 0.717) is 5.92 Å². The predicted octanol–water partition coefficient (Wildman–Crippen LogP) is 1.55. The van der Waals surface area contributed by atoms with Crippen molar-refractivity contribution in [3.8, 4) is 0 Å². The van der Waals surface area contributed by atoms with Gasteiger partial charge in [-0.05, 0) is 32.2 Å². The van der Waals surface area contributed by atoms with Gasteiger partial charge in [0.05, 0.1) is 13.2 Å². The summed E-state index contributed by atoms with van der Waals surface area (Å²) < 4.78 is 7.75. The molecule has 5 heteroatoms. The smallest absolute Gasteiger partial charge is 0.146 e. The molecule has 0 saturated carbocycles. The number of hydrogen-bond acceptors (Lipinski definition) is 4. The lowest BCUT2D eigenvalue weighted by atomic mass is 10.1. The monoisotopic (exact) mass is 252 g/mol. The second-order valence-corrected chi connectivity index (χ2v) is 5.00. The van der Waals surface area contributed by atoms with Crippen molar-refractivity contribution >= 4 is 0 Å². The van der Waals surface area contributed by atoms with Crippen molar-refractivity contribution in [1.82, 2.24) is 19.7 Å². The molecule has 0 unspecified atom stereocenters. The summed E-state index contributed by atoms with van der Waals surface area (Å²) in [6, 6.07) is 0. The summed E-state index contributed by atoms with van der Waals surface area (Å²) in [6.07, 6.45) is 4.16. The average Bonchev–Trinajstić information content (AvgIpc) is 2.99. The Labute approximate surface area is 109 Å². The van der Waals surface area contributed by atoms with Gasteiger partial charge in [0.25, 0.3) is 0 Å². The molecule has 18 heavy (non-hydrogen) atoms. The van der Waals surface area contributed by atoms with Crippen molar-refractivity contribution in [3.63, 3.8) is 0 Å². The van der Waals surface area contributed by atoms with E-state index in [4.69, 9.17) is 4.74 Å². The van der Waals surface area contributed by atoms with Gasteiger partial charge in [0.15, 0.2) is 0 Å². The first-order chi connectivity index (χ1) is 8.83. The molecule has 1 aliphatic heterocycles. The molecule has 2 heterocycles. The van der Waals surface area contributed by atoms with Crippen LogP contribution in [0.15, 0.2) is 6.33 Å². The van der Waals surface area contributed by atoms with Crippen molar-refractivity contribution in [3.05, 3.63) is 12.2 Å². The van der Waals surface area contributed by atoms with E-state index in [1.165, 1.54) is 6.42 Å². The Kier molecular flexibility index (Phi) is 5.13. The molecular formula is C13H24N4O.